The molecule has 5 nitrogen and oxygen atoms in total. The van der Waals surface area contributed by atoms with Crippen molar-refractivity contribution in [1.82, 2.24) is 15.5 Å². The number of hydrogen-bond acceptors (Lipinski definition) is 6. The third-order valence-electron chi connectivity index (χ3n) is 2.74. The quantitative estimate of drug-likeness (QED) is 0.917. The molecule has 3 rings (SSSR count). The summed E-state index contributed by atoms with van der Waals surface area (Å²) in [5.74, 6) is 1.23. The molecule has 2 aromatic rings. The lowest BCUT2D eigenvalue weighted by molar-refractivity contribution is 0.0734. The van der Waals surface area contributed by atoms with Crippen molar-refractivity contribution in [1.29, 1.82) is 0 Å². The van der Waals surface area contributed by atoms with Crippen molar-refractivity contribution in [3.05, 3.63) is 21.2 Å². The second-order valence-electron chi connectivity index (χ2n) is 4.11. The highest BCUT2D eigenvalue weighted by Crippen LogP contribution is 2.34. The summed E-state index contributed by atoms with van der Waals surface area (Å²) >= 11 is 5.09. The Morgan fingerprint density at radius 3 is 3.11 bits per heavy atom. The maximum absolute atomic E-state index is 5.39. The van der Waals surface area contributed by atoms with Crippen LogP contribution in [-0.4, -0.2) is 29.9 Å². The lowest BCUT2D eigenvalue weighted by Gasteiger charge is -2.20. The average molecular weight is 330 g/mol. The highest BCUT2D eigenvalue weighted by Gasteiger charge is 2.22. The van der Waals surface area contributed by atoms with Crippen molar-refractivity contribution in [3.8, 4) is 10.8 Å². The van der Waals surface area contributed by atoms with Gasteiger partial charge in [0.2, 0.25) is 0 Å². The molecule has 1 aliphatic rings. The predicted octanol–water partition coefficient (Wildman–Crippen LogP) is 2.53. The van der Waals surface area contributed by atoms with Gasteiger partial charge in [0.15, 0.2) is 5.82 Å². The summed E-state index contributed by atoms with van der Waals surface area (Å²) < 4.78 is 11.8. The van der Waals surface area contributed by atoms with Crippen molar-refractivity contribution in [2.75, 3.05) is 19.8 Å². The van der Waals surface area contributed by atoms with Gasteiger partial charge in [-0.2, -0.15) is 4.98 Å². The Bertz CT molecular complexity index is 529. The Morgan fingerprint density at radius 1 is 1.56 bits per heavy atom. The lowest BCUT2D eigenvalue weighted by Crippen LogP contribution is -2.35. The first-order valence-electron chi connectivity index (χ1n) is 5.65. The van der Waals surface area contributed by atoms with E-state index in [1.165, 1.54) is 5.56 Å². The molecule has 0 radical (unpaired) electrons. The van der Waals surface area contributed by atoms with E-state index < -0.39 is 0 Å². The molecule has 1 atom stereocenters. The molecule has 0 bridgehead atoms. The van der Waals surface area contributed by atoms with Gasteiger partial charge in [0.25, 0.3) is 5.89 Å². The molecule has 96 valence electrons. The molecular formula is C11H12BrN3O2S. The van der Waals surface area contributed by atoms with Crippen LogP contribution in [0.15, 0.2) is 14.4 Å². The SMILES string of the molecule is Cc1cc(-c2nc(C3COCCN3)no2)sc1Br. The number of morpholine rings is 1. The van der Waals surface area contributed by atoms with Gasteiger partial charge in [-0.25, -0.2) is 0 Å². The fourth-order valence-electron chi connectivity index (χ4n) is 1.77. The van der Waals surface area contributed by atoms with E-state index >= 15 is 0 Å². The summed E-state index contributed by atoms with van der Waals surface area (Å²) in [6, 6.07) is 2.07. The van der Waals surface area contributed by atoms with Crippen LogP contribution in [0.5, 0.6) is 0 Å². The number of aryl methyl sites for hydroxylation is 1. The van der Waals surface area contributed by atoms with E-state index in [0.29, 0.717) is 18.3 Å². The Kier molecular flexibility index (Phi) is 3.47. The average Bonchev–Trinajstić information content (AvgIpc) is 2.99. The van der Waals surface area contributed by atoms with Crippen LogP contribution >= 0.6 is 27.3 Å². The van der Waals surface area contributed by atoms with Crippen LogP contribution in [0.4, 0.5) is 0 Å². The van der Waals surface area contributed by atoms with Gasteiger partial charge in [0, 0.05) is 6.54 Å². The maximum atomic E-state index is 5.39. The van der Waals surface area contributed by atoms with Gasteiger partial charge in [0.1, 0.15) is 0 Å². The first-order valence-corrected chi connectivity index (χ1v) is 7.26. The third kappa shape index (κ3) is 2.35. The first kappa shape index (κ1) is 12.3. The van der Waals surface area contributed by atoms with Crippen LogP contribution in [0.1, 0.15) is 17.4 Å². The normalized spacial score (nSPS) is 20.2. The van der Waals surface area contributed by atoms with Gasteiger partial charge < -0.3 is 14.6 Å². The second-order valence-corrected chi connectivity index (χ2v) is 6.48. The predicted molar refractivity (Wildman–Crippen MR) is 71.6 cm³/mol. The van der Waals surface area contributed by atoms with E-state index in [4.69, 9.17) is 9.26 Å². The van der Waals surface area contributed by atoms with Gasteiger partial charge in [0.05, 0.1) is 27.9 Å². The highest BCUT2D eigenvalue weighted by atomic mass is 79.9. The van der Waals surface area contributed by atoms with Crippen LogP contribution in [-0.2, 0) is 4.74 Å². The molecule has 0 aromatic carbocycles. The molecule has 1 aliphatic heterocycles. The van der Waals surface area contributed by atoms with E-state index in [2.05, 4.69) is 31.4 Å². The zero-order chi connectivity index (χ0) is 12.5. The second kappa shape index (κ2) is 5.08. The minimum Gasteiger partial charge on any atom is -0.378 e. The molecule has 18 heavy (non-hydrogen) atoms. The summed E-state index contributed by atoms with van der Waals surface area (Å²) in [7, 11) is 0. The number of rotatable bonds is 2. The number of aromatic nitrogens is 2. The summed E-state index contributed by atoms with van der Waals surface area (Å²) in [6.45, 7) is 4.18. The largest absolute Gasteiger partial charge is 0.378 e. The number of hydrogen-bond donors (Lipinski definition) is 1. The Balaban J connectivity index is 1.84. The number of ether oxygens (including phenoxy) is 1. The fourth-order valence-corrected chi connectivity index (χ4v) is 3.23. The maximum Gasteiger partial charge on any atom is 0.268 e. The number of nitrogens with zero attached hydrogens (tertiary/aromatic N) is 2. The van der Waals surface area contributed by atoms with E-state index in [9.17, 15) is 0 Å². The molecule has 2 aromatic heterocycles. The topological polar surface area (TPSA) is 60.2 Å². The van der Waals surface area contributed by atoms with Crippen molar-refractivity contribution < 1.29 is 9.26 Å². The minimum atomic E-state index is 0.0285. The molecule has 1 fully saturated rings. The lowest BCUT2D eigenvalue weighted by atomic mass is 10.2. The summed E-state index contributed by atoms with van der Waals surface area (Å²) in [4.78, 5) is 5.41. The number of nitrogens with one attached hydrogen (secondary N) is 1. The van der Waals surface area contributed by atoms with Gasteiger partial charge in [-0.3, -0.25) is 0 Å². The van der Waals surface area contributed by atoms with Crippen LogP contribution in [0.25, 0.3) is 10.8 Å². The van der Waals surface area contributed by atoms with Gasteiger partial charge in [-0.15, -0.1) is 11.3 Å². The van der Waals surface area contributed by atoms with E-state index in [-0.39, 0.29) is 6.04 Å². The molecule has 0 amide bonds. The Morgan fingerprint density at radius 2 is 2.44 bits per heavy atom. The third-order valence-corrected chi connectivity index (χ3v) is 4.87. The van der Waals surface area contributed by atoms with Gasteiger partial charge >= 0.3 is 0 Å². The van der Waals surface area contributed by atoms with Crippen LogP contribution in [0.2, 0.25) is 0 Å². The van der Waals surface area contributed by atoms with E-state index in [1.807, 2.05) is 13.0 Å². The van der Waals surface area contributed by atoms with Crippen molar-refractivity contribution >= 4 is 27.3 Å². The van der Waals surface area contributed by atoms with E-state index in [0.717, 1.165) is 21.8 Å². The Labute approximate surface area is 117 Å². The summed E-state index contributed by atoms with van der Waals surface area (Å²) in [6.07, 6.45) is 0. The molecule has 0 spiro atoms. The summed E-state index contributed by atoms with van der Waals surface area (Å²) in [5.41, 5.74) is 1.17. The molecule has 7 heteroatoms. The molecule has 0 aliphatic carbocycles. The molecule has 1 saturated heterocycles. The highest BCUT2D eigenvalue weighted by molar-refractivity contribution is 9.11. The molecule has 1 unspecified atom stereocenters. The number of halogens is 1. The standard InChI is InChI=1S/C11H12BrN3O2S/c1-6-4-8(18-9(6)12)11-14-10(15-17-11)7-5-16-3-2-13-7/h4,7,13H,2-3,5H2,1H3. The van der Waals surface area contributed by atoms with Gasteiger partial charge in [-0.1, -0.05) is 5.16 Å². The number of thiophene rings is 1. The van der Waals surface area contributed by atoms with Crippen molar-refractivity contribution in [2.45, 2.75) is 13.0 Å². The fraction of sp³-hybridized carbons (Fsp3) is 0.455. The van der Waals surface area contributed by atoms with E-state index in [1.54, 1.807) is 11.3 Å². The van der Waals surface area contributed by atoms with Gasteiger partial charge in [-0.05, 0) is 34.5 Å². The molecular weight excluding hydrogens is 318 g/mol. The molecule has 0 saturated carbocycles. The van der Waals surface area contributed by atoms with Crippen molar-refractivity contribution in [3.63, 3.8) is 0 Å². The Hall–Kier alpha value is -0.760. The summed E-state index contributed by atoms with van der Waals surface area (Å²) in [5, 5.41) is 7.32. The monoisotopic (exact) mass is 329 g/mol. The zero-order valence-corrected chi connectivity index (χ0v) is 12.2. The molecule has 1 N–H and O–H groups in total. The zero-order valence-electron chi connectivity index (χ0n) is 9.77. The van der Waals surface area contributed by atoms with Crippen LogP contribution in [0.3, 0.4) is 0 Å². The molecule has 3 heterocycles. The van der Waals surface area contributed by atoms with Crippen molar-refractivity contribution in [2.24, 2.45) is 0 Å². The minimum absolute atomic E-state index is 0.0285. The first-order chi connectivity index (χ1) is 8.74. The smallest absolute Gasteiger partial charge is 0.268 e. The van der Waals surface area contributed by atoms with Crippen LogP contribution in [0, 0.1) is 6.92 Å². The van der Waals surface area contributed by atoms with Crippen LogP contribution < -0.4 is 5.32 Å².